The zero-order chi connectivity index (χ0) is 25.1. The predicted molar refractivity (Wildman–Crippen MR) is 125 cm³/mol. The number of methoxy groups -OCH3 is 3. The number of carbonyl (C=O) groups excluding carboxylic acids is 2. The topological polar surface area (TPSA) is 77.1 Å². The predicted octanol–water partition coefficient (Wildman–Crippen LogP) is 4.72. The number of hydrogen-bond acceptors (Lipinski definition) is 5. The fourth-order valence-electron chi connectivity index (χ4n) is 4.20. The van der Waals surface area contributed by atoms with Crippen molar-refractivity contribution in [2.45, 2.75) is 19.0 Å². The van der Waals surface area contributed by atoms with Gasteiger partial charge < -0.3 is 24.4 Å². The van der Waals surface area contributed by atoms with Crippen LogP contribution in [0.25, 0.3) is 0 Å². The number of anilines is 1. The van der Waals surface area contributed by atoms with Crippen molar-refractivity contribution in [3.8, 4) is 17.2 Å². The van der Waals surface area contributed by atoms with Crippen LogP contribution in [-0.4, -0.2) is 38.0 Å². The van der Waals surface area contributed by atoms with Crippen LogP contribution in [-0.2, 0) is 11.3 Å². The van der Waals surface area contributed by atoms with E-state index in [0.29, 0.717) is 34.4 Å². The van der Waals surface area contributed by atoms with Crippen molar-refractivity contribution in [1.82, 2.24) is 4.90 Å². The van der Waals surface area contributed by atoms with Gasteiger partial charge in [-0.1, -0.05) is 18.2 Å². The van der Waals surface area contributed by atoms with E-state index in [-0.39, 0.29) is 24.6 Å². The monoisotopic (exact) mass is 482 g/mol. The Morgan fingerprint density at radius 3 is 2.29 bits per heavy atom. The molecule has 0 saturated carbocycles. The highest BCUT2D eigenvalue weighted by Gasteiger charge is 2.35. The van der Waals surface area contributed by atoms with E-state index in [1.807, 2.05) is 12.1 Å². The Kier molecular flexibility index (Phi) is 6.86. The third-order valence-corrected chi connectivity index (χ3v) is 5.88. The SMILES string of the molecule is COc1cc([C@@H](CC(=O)Nc2ccc(F)cc2F)N2Cc3ccccc3C2=O)cc(OC)c1OC. The van der Waals surface area contributed by atoms with Gasteiger partial charge in [0.2, 0.25) is 11.7 Å². The van der Waals surface area contributed by atoms with E-state index in [4.69, 9.17) is 14.2 Å². The van der Waals surface area contributed by atoms with Crippen molar-refractivity contribution in [1.29, 1.82) is 0 Å². The zero-order valence-corrected chi connectivity index (χ0v) is 19.4. The second-order valence-corrected chi connectivity index (χ2v) is 7.94. The van der Waals surface area contributed by atoms with E-state index in [1.54, 1.807) is 29.2 Å². The molecule has 0 saturated heterocycles. The minimum atomic E-state index is -0.896. The number of fused-ring (bicyclic) bond motifs is 1. The zero-order valence-electron chi connectivity index (χ0n) is 19.4. The van der Waals surface area contributed by atoms with Crippen LogP contribution in [0.5, 0.6) is 17.2 Å². The minimum Gasteiger partial charge on any atom is -0.493 e. The highest BCUT2D eigenvalue weighted by atomic mass is 19.1. The van der Waals surface area contributed by atoms with Crippen LogP contribution in [0.15, 0.2) is 54.6 Å². The van der Waals surface area contributed by atoms with E-state index in [0.717, 1.165) is 17.7 Å². The average Bonchev–Trinajstić information content (AvgIpc) is 3.19. The van der Waals surface area contributed by atoms with Crippen molar-refractivity contribution in [3.63, 3.8) is 0 Å². The fourth-order valence-corrected chi connectivity index (χ4v) is 4.20. The molecular weight excluding hydrogens is 458 g/mol. The van der Waals surface area contributed by atoms with Crippen molar-refractivity contribution in [2.24, 2.45) is 0 Å². The summed E-state index contributed by atoms with van der Waals surface area (Å²) in [5, 5.41) is 2.47. The van der Waals surface area contributed by atoms with Crippen LogP contribution in [0.3, 0.4) is 0 Å². The minimum absolute atomic E-state index is 0.156. The van der Waals surface area contributed by atoms with Gasteiger partial charge in [-0.2, -0.15) is 0 Å². The molecule has 0 aromatic heterocycles. The first-order valence-corrected chi connectivity index (χ1v) is 10.8. The first-order chi connectivity index (χ1) is 16.9. The maximum atomic E-state index is 14.1. The lowest BCUT2D eigenvalue weighted by molar-refractivity contribution is -0.117. The van der Waals surface area contributed by atoms with Crippen LogP contribution < -0.4 is 19.5 Å². The second kappa shape index (κ2) is 10.0. The summed E-state index contributed by atoms with van der Waals surface area (Å²) in [4.78, 5) is 27.9. The van der Waals surface area contributed by atoms with Crippen molar-refractivity contribution in [3.05, 3.63) is 82.9 Å². The lowest BCUT2D eigenvalue weighted by atomic mass is 10.00. The summed E-state index contributed by atoms with van der Waals surface area (Å²) in [6, 6.07) is 12.7. The van der Waals surface area contributed by atoms with Gasteiger partial charge in [-0.3, -0.25) is 9.59 Å². The van der Waals surface area contributed by atoms with Gasteiger partial charge in [-0.25, -0.2) is 8.78 Å². The number of nitrogens with one attached hydrogen (secondary N) is 1. The molecule has 0 aliphatic carbocycles. The molecule has 0 fully saturated rings. The first kappa shape index (κ1) is 24.0. The van der Waals surface area contributed by atoms with Crippen LogP contribution in [0.4, 0.5) is 14.5 Å². The average molecular weight is 482 g/mol. The van der Waals surface area contributed by atoms with Gasteiger partial charge in [0.15, 0.2) is 11.5 Å². The van der Waals surface area contributed by atoms with Gasteiger partial charge in [0, 0.05) is 18.2 Å². The molecular formula is C26H24F2N2O5. The molecule has 3 aromatic carbocycles. The normalized spacial score (nSPS) is 13.3. The molecule has 182 valence electrons. The number of halogens is 2. The van der Waals surface area contributed by atoms with Gasteiger partial charge in [0.1, 0.15) is 11.6 Å². The first-order valence-electron chi connectivity index (χ1n) is 10.8. The van der Waals surface area contributed by atoms with E-state index >= 15 is 0 Å². The third kappa shape index (κ3) is 4.75. The smallest absolute Gasteiger partial charge is 0.255 e. The Balaban J connectivity index is 1.72. The Labute approximate surface area is 201 Å². The Morgan fingerprint density at radius 1 is 1.00 bits per heavy atom. The fraction of sp³-hybridized carbons (Fsp3) is 0.231. The number of nitrogens with zero attached hydrogens (tertiary/aromatic N) is 1. The summed E-state index contributed by atoms with van der Waals surface area (Å²) < 4.78 is 43.7. The van der Waals surface area contributed by atoms with Crippen molar-refractivity contribution in [2.75, 3.05) is 26.6 Å². The maximum absolute atomic E-state index is 14.1. The molecule has 0 spiro atoms. The third-order valence-electron chi connectivity index (χ3n) is 5.88. The molecule has 3 aromatic rings. The quantitative estimate of drug-likeness (QED) is 0.503. The molecule has 9 heteroatoms. The highest BCUT2D eigenvalue weighted by molar-refractivity contribution is 5.99. The Hall–Kier alpha value is -4.14. The van der Waals surface area contributed by atoms with Crippen LogP contribution in [0.1, 0.15) is 33.9 Å². The van der Waals surface area contributed by atoms with E-state index in [1.165, 1.54) is 21.3 Å². The number of benzene rings is 3. The van der Waals surface area contributed by atoms with E-state index < -0.39 is 23.6 Å². The van der Waals surface area contributed by atoms with Crippen LogP contribution >= 0.6 is 0 Å². The summed E-state index contributed by atoms with van der Waals surface area (Å²) in [6.45, 7) is 0.286. The lowest BCUT2D eigenvalue weighted by Crippen LogP contribution is -2.32. The van der Waals surface area contributed by atoms with Crippen molar-refractivity contribution >= 4 is 17.5 Å². The van der Waals surface area contributed by atoms with Crippen LogP contribution in [0.2, 0.25) is 0 Å². The molecule has 2 amide bonds. The Morgan fingerprint density at radius 2 is 1.69 bits per heavy atom. The molecule has 1 N–H and O–H groups in total. The molecule has 7 nitrogen and oxygen atoms in total. The molecule has 0 radical (unpaired) electrons. The molecule has 1 heterocycles. The largest absolute Gasteiger partial charge is 0.493 e. The number of hydrogen-bond donors (Lipinski definition) is 1. The van der Waals surface area contributed by atoms with Gasteiger partial charge in [-0.15, -0.1) is 0 Å². The van der Waals surface area contributed by atoms with Crippen molar-refractivity contribution < 1.29 is 32.6 Å². The number of rotatable bonds is 8. The van der Waals surface area contributed by atoms with Gasteiger partial charge >= 0.3 is 0 Å². The number of carbonyl (C=O) groups is 2. The van der Waals surface area contributed by atoms with Gasteiger partial charge in [0.25, 0.3) is 5.91 Å². The molecule has 35 heavy (non-hydrogen) atoms. The molecule has 0 bridgehead atoms. The molecule has 1 atom stereocenters. The lowest BCUT2D eigenvalue weighted by Gasteiger charge is -2.29. The number of amides is 2. The maximum Gasteiger partial charge on any atom is 0.255 e. The number of ether oxygens (including phenoxy) is 3. The summed E-state index contributed by atoms with van der Waals surface area (Å²) in [6.07, 6.45) is -0.199. The van der Waals surface area contributed by atoms with Gasteiger partial charge in [0.05, 0.1) is 39.5 Å². The summed E-state index contributed by atoms with van der Waals surface area (Å²) in [5.41, 5.74) is 1.79. The van der Waals surface area contributed by atoms with E-state index in [9.17, 15) is 18.4 Å². The summed E-state index contributed by atoms with van der Waals surface area (Å²) in [5.74, 6) is -1.35. The van der Waals surface area contributed by atoms with Gasteiger partial charge in [-0.05, 0) is 41.5 Å². The Bertz CT molecular complexity index is 1260. The summed E-state index contributed by atoms with van der Waals surface area (Å²) >= 11 is 0. The second-order valence-electron chi connectivity index (χ2n) is 7.94. The highest BCUT2D eigenvalue weighted by Crippen LogP contribution is 2.43. The molecule has 1 aliphatic rings. The summed E-state index contributed by atoms with van der Waals surface area (Å²) in [7, 11) is 4.41. The molecule has 4 rings (SSSR count). The van der Waals surface area contributed by atoms with Crippen LogP contribution in [0, 0.1) is 11.6 Å². The standard InChI is InChI=1S/C26H24F2N2O5/c1-33-22-10-16(11-23(34-2)25(22)35-3)21(30-14-15-6-4-5-7-18(15)26(30)32)13-24(31)29-20-9-8-17(27)12-19(20)28/h4-12,21H,13-14H2,1-3H3,(H,29,31)/t21-/m1/s1. The van der Waals surface area contributed by atoms with E-state index in [2.05, 4.69) is 5.32 Å². The molecule has 1 aliphatic heterocycles. The molecule has 0 unspecified atom stereocenters.